The van der Waals surface area contributed by atoms with Crippen LogP contribution in [0.3, 0.4) is 0 Å². The second-order valence-corrected chi connectivity index (χ2v) is 8.36. The van der Waals surface area contributed by atoms with Gasteiger partial charge in [-0.25, -0.2) is 4.79 Å². The van der Waals surface area contributed by atoms with Crippen LogP contribution in [-0.4, -0.2) is 59.2 Å². The summed E-state index contributed by atoms with van der Waals surface area (Å²) in [4.78, 5) is 38.7. The third-order valence-electron chi connectivity index (χ3n) is 4.99. The summed E-state index contributed by atoms with van der Waals surface area (Å²) in [5, 5.41) is 0. The van der Waals surface area contributed by atoms with Crippen molar-refractivity contribution < 1.29 is 28.6 Å². The molecule has 1 aliphatic rings. The van der Waals surface area contributed by atoms with Gasteiger partial charge in [-0.1, -0.05) is 13.8 Å². The van der Waals surface area contributed by atoms with Gasteiger partial charge in [-0.05, 0) is 46.6 Å². The second-order valence-electron chi connectivity index (χ2n) is 8.36. The summed E-state index contributed by atoms with van der Waals surface area (Å²) in [6, 6.07) is -0.542. The molecule has 0 fully saturated rings. The fourth-order valence-electron chi connectivity index (χ4n) is 3.90. The van der Waals surface area contributed by atoms with Gasteiger partial charge in [0.2, 0.25) is 5.91 Å². The van der Waals surface area contributed by atoms with Crippen molar-refractivity contribution in [2.75, 3.05) is 6.61 Å². The predicted molar refractivity (Wildman–Crippen MR) is 110 cm³/mol. The molecule has 7 nitrogen and oxygen atoms in total. The van der Waals surface area contributed by atoms with Crippen LogP contribution in [0.2, 0.25) is 0 Å². The number of amides is 1. The average Bonchev–Trinajstić information content (AvgIpc) is 2.59. The van der Waals surface area contributed by atoms with Gasteiger partial charge in [0.05, 0.1) is 18.8 Å². The molecule has 1 amide bonds. The standard InChI is InChI=1S/C22H37NO6/c1-9-17(10-2)29-19-13-16(21(26)27-11-3)12-18(20(19)28-15(5)25)23(14(4)24)22(6,7)8/h13,17-20H,9-12H2,1-8H3/t18-,19-,20+/m1/s1. The highest BCUT2D eigenvalue weighted by molar-refractivity contribution is 5.89. The van der Waals surface area contributed by atoms with Crippen LogP contribution in [-0.2, 0) is 28.6 Å². The van der Waals surface area contributed by atoms with Gasteiger partial charge in [-0.2, -0.15) is 0 Å². The molecule has 1 aliphatic carbocycles. The molecule has 0 saturated carbocycles. The summed E-state index contributed by atoms with van der Waals surface area (Å²) in [7, 11) is 0. The molecule has 0 saturated heterocycles. The van der Waals surface area contributed by atoms with E-state index in [0.29, 0.717) is 5.57 Å². The Kier molecular flexibility index (Phi) is 9.33. The fourth-order valence-corrected chi connectivity index (χ4v) is 3.90. The fraction of sp³-hybridized carbons (Fsp3) is 0.773. The van der Waals surface area contributed by atoms with E-state index in [-0.39, 0.29) is 25.0 Å². The first-order valence-electron chi connectivity index (χ1n) is 10.5. The van der Waals surface area contributed by atoms with Gasteiger partial charge in [0.15, 0.2) is 6.10 Å². The Labute approximate surface area is 174 Å². The molecular formula is C22H37NO6. The summed E-state index contributed by atoms with van der Waals surface area (Å²) in [5.74, 6) is -1.05. The van der Waals surface area contributed by atoms with E-state index in [1.54, 1.807) is 17.9 Å². The van der Waals surface area contributed by atoms with Crippen LogP contribution in [0.15, 0.2) is 11.6 Å². The molecule has 0 heterocycles. The van der Waals surface area contributed by atoms with Crippen molar-refractivity contribution in [3.8, 4) is 0 Å². The lowest BCUT2D eigenvalue weighted by atomic mass is 9.86. The quantitative estimate of drug-likeness (QED) is 0.569. The van der Waals surface area contributed by atoms with Crippen molar-refractivity contribution in [3.05, 3.63) is 11.6 Å². The molecule has 0 bridgehead atoms. The molecule has 166 valence electrons. The number of carbonyl (C=O) groups is 3. The number of hydrogen-bond acceptors (Lipinski definition) is 6. The number of nitrogens with zero attached hydrogens (tertiary/aromatic N) is 1. The van der Waals surface area contributed by atoms with E-state index in [2.05, 4.69) is 0 Å². The Balaban J connectivity index is 3.49. The molecule has 0 spiro atoms. The van der Waals surface area contributed by atoms with Crippen molar-refractivity contribution >= 4 is 17.8 Å². The van der Waals surface area contributed by atoms with Crippen molar-refractivity contribution in [1.82, 2.24) is 4.90 Å². The van der Waals surface area contributed by atoms with Gasteiger partial charge in [0.1, 0.15) is 6.10 Å². The van der Waals surface area contributed by atoms with Crippen LogP contribution in [0.4, 0.5) is 0 Å². The molecule has 1 rings (SSSR count). The van der Waals surface area contributed by atoms with E-state index >= 15 is 0 Å². The molecule has 0 unspecified atom stereocenters. The first kappa shape index (κ1) is 25.1. The highest BCUT2D eigenvalue weighted by atomic mass is 16.6. The summed E-state index contributed by atoms with van der Waals surface area (Å²) in [6.07, 6.45) is 2.07. The van der Waals surface area contributed by atoms with Crippen molar-refractivity contribution in [2.45, 2.75) is 105 Å². The highest BCUT2D eigenvalue weighted by Gasteiger charge is 2.45. The number of carbonyl (C=O) groups excluding carboxylic acids is 3. The largest absolute Gasteiger partial charge is 0.463 e. The number of hydrogen-bond donors (Lipinski definition) is 0. The Morgan fingerprint density at radius 3 is 2.14 bits per heavy atom. The van der Waals surface area contributed by atoms with Crippen LogP contribution < -0.4 is 0 Å². The summed E-state index contributed by atoms with van der Waals surface area (Å²) >= 11 is 0. The van der Waals surface area contributed by atoms with E-state index in [4.69, 9.17) is 14.2 Å². The van der Waals surface area contributed by atoms with Crippen LogP contribution in [0, 0.1) is 0 Å². The van der Waals surface area contributed by atoms with Crippen LogP contribution in [0.25, 0.3) is 0 Å². The lowest BCUT2D eigenvalue weighted by molar-refractivity contribution is -0.171. The van der Waals surface area contributed by atoms with Crippen molar-refractivity contribution in [2.24, 2.45) is 0 Å². The highest BCUT2D eigenvalue weighted by Crippen LogP contribution is 2.33. The second kappa shape index (κ2) is 10.8. The Morgan fingerprint density at radius 1 is 1.14 bits per heavy atom. The Morgan fingerprint density at radius 2 is 1.72 bits per heavy atom. The third-order valence-corrected chi connectivity index (χ3v) is 4.99. The Hall–Kier alpha value is -1.89. The van der Waals surface area contributed by atoms with Gasteiger partial charge in [-0.15, -0.1) is 0 Å². The molecule has 0 aromatic carbocycles. The molecule has 29 heavy (non-hydrogen) atoms. The van der Waals surface area contributed by atoms with E-state index < -0.39 is 35.7 Å². The molecule has 0 radical (unpaired) electrons. The first-order valence-corrected chi connectivity index (χ1v) is 10.5. The lowest BCUT2D eigenvalue weighted by Crippen LogP contribution is -2.60. The maximum Gasteiger partial charge on any atom is 0.333 e. The van der Waals surface area contributed by atoms with Crippen molar-refractivity contribution in [3.63, 3.8) is 0 Å². The number of ether oxygens (including phenoxy) is 3. The predicted octanol–water partition coefficient (Wildman–Crippen LogP) is 3.40. The molecule has 0 N–H and O–H groups in total. The minimum Gasteiger partial charge on any atom is -0.463 e. The SMILES string of the molecule is CCOC(=O)C1=C[C@@H](OC(CC)CC)[C@@H](OC(C)=O)[C@H](N(C(C)=O)C(C)(C)C)C1. The van der Waals surface area contributed by atoms with Gasteiger partial charge in [-0.3, -0.25) is 9.59 Å². The Bertz CT molecular complexity index is 617. The van der Waals surface area contributed by atoms with Gasteiger partial charge in [0, 0.05) is 31.4 Å². The number of esters is 2. The maximum atomic E-state index is 12.6. The zero-order valence-electron chi connectivity index (χ0n) is 19.1. The monoisotopic (exact) mass is 411 g/mol. The lowest BCUT2D eigenvalue weighted by Gasteiger charge is -2.47. The van der Waals surface area contributed by atoms with E-state index in [9.17, 15) is 14.4 Å². The minimum absolute atomic E-state index is 0.0584. The van der Waals surface area contributed by atoms with Gasteiger partial charge >= 0.3 is 11.9 Å². The number of rotatable bonds is 8. The summed E-state index contributed by atoms with van der Waals surface area (Å²) in [6.45, 7) is 14.6. The normalized spacial score (nSPS) is 22.1. The average molecular weight is 412 g/mol. The van der Waals surface area contributed by atoms with Gasteiger partial charge < -0.3 is 19.1 Å². The van der Waals surface area contributed by atoms with E-state index in [1.807, 2.05) is 34.6 Å². The maximum absolute atomic E-state index is 12.6. The van der Waals surface area contributed by atoms with E-state index in [0.717, 1.165) is 12.8 Å². The van der Waals surface area contributed by atoms with Crippen LogP contribution >= 0.6 is 0 Å². The third kappa shape index (κ3) is 6.84. The zero-order chi connectivity index (χ0) is 22.4. The van der Waals surface area contributed by atoms with E-state index in [1.165, 1.54) is 13.8 Å². The molecule has 0 aromatic heterocycles. The molecule has 7 heteroatoms. The summed E-state index contributed by atoms with van der Waals surface area (Å²) < 4.78 is 17.1. The molecule has 0 aromatic rings. The first-order chi connectivity index (χ1) is 13.5. The molecule has 3 atom stereocenters. The van der Waals surface area contributed by atoms with Crippen molar-refractivity contribution in [1.29, 1.82) is 0 Å². The summed E-state index contributed by atoms with van der Waals surface area (Å²) in [5.41, 5.74) is -0.0995. The van der Waals surface area contributed by atoms with Crippen LogP contribution in [0.5, 0.6) is 0 Å². The smallest absolute Gasteiger partial charge is 0.333 e. The molecular weight excluding hydrogens is 374 g/mol. The topological polar surface area (TPSA) is 82.1 Å². The van der Waals surface area contributed by atoms with Gasteiger partial charge in [0.25, 0.3) is 0 Å². The zero-order valence-corrected chi connectivity index (χ0v) is 19.1. The molecule has 0 aliphatic heterocycles. The van der Waals surface area contributed by atoms with Crippen LogP contribution in [0.1, 0.15) is 74.7 Å². The minimum atomic E-state index is -0.714.